The number of benzene rings is 1. The SMILES string of the molecule is ClC(Cl)=C(Cl)c1ccc2nc[nH]c2c1. The van der Waals surface area contributed by atoms with Crippen LogP contribution in [-0.4, -0.2) is 9.97 Å². The fraction of sp³-hybridized carbons (Fsp3) is 0. The maximum atomic E-state index is 5.89. The monoisotopic (exact) mass is 246 g/mol. The lowest BCUT2D eigenvalue weighted by Crippen LogP contribution is -1.78. The molecule has 2 rings (SSSR count). The summed E-state index contributed by atoms with van der Waals surface area (Å²) < 4.78 is 0.0607. The van der Waals surface area contributed by atoms with Gasteiger partial charge in [-0.05, 0) is 17.7 Å². The molecular weight excluding hydrogens is 242 g/mol. The molecule has 14 heavy (non-hydrogen) atoms. The molecule has 0 spiro atoms. The Kier molecular flexibility index (Phi) is 2.68. The smallest absolute Gasteiger partial charge is 0.126 e. The molecule has 72 valence electrons. The van der Waals surface area contributed by atoms with Gasteiger partial charge in [-0.1, -0.05) is 40.9 Å². The number of H-pyrrole nitrogens is 1. The van der Waals surface area contributed by atoms with E-state index in [2.05, 4.69) is 9.97 Å². The molecule has 0 saturated heterocycles. The highest BCUT2D eigenvalue weighted by atomic mass is 35.5. The van der Waals surface area contributed by atoms with Crippen LogP contribution in [0.3, 0.4) is 0 Å². The molecule has 1 heterocycles. The minimum absolute atomic E-state index is 0.0607. The van der Waals surface area contributed by atoms with Gasteiger partial charge in [-0.2, -0.15) is 0 Å². The maximum absolute atomic E-state index is 5.89. The second-order valence-electron chi connectivity index (χ2n) is 2.71. The van der Waals surface area contributed by atoms with Gasteiger partial charge in [-0.15, -0.1) is 0 Å². The van der Waals surface area contributed by atoms with Gasteiger partial charge in [0.1, 0.15) is 4.49 Å². The van der Waals surface area contributed by atoms with Crippen LogP contribution in [0.1, 0.15) is 5.56 Å². The van der Waals surface area contributed by atoms with Crippen LogP contribution in [0.5, 0.6) is 0 Å². The third-order valence-electron chi connectivity index (χ3n) is 1.84. The molecule has 0 unspecified atom stereocenters. The predicted octanol–water partition coefficient (Wildman–Crippen LogP) is 3.91. The molecule has 0 amide bonds. The minimum atomic E-state index is 0.0607. The van der Waals surface area contributed by atoms with Gasteiger partial charge in [0.25, 0.3) is 0 Å². The van der Waals surface area contributed by atoms with Crippen molar-refractivity contribution >= 4 is 50.9 Å². The number of fused-ring (bicyclic) bond motifs is 1. The van der Waals surface area contributed by atoms with Crippen LogP contribution in [0.4, 0.5) is 0 Å². The summed E-state index contributed by atoms with van der Waals surface area (Å²) in [5.74, 6) is 0. The lowest BCUT2D eigenvalue weighted by molar-refractivity contribution is 1.34. The normalized spacial score (nSPS) is 10.5. The topological polar surface area (TPSA) is 28.7 Å². The number of imidazole rings is 1. The standard InChI is InChI=1S/C9H5Cl3N2/c10-8(9(11)12)5-1-2-6-7(3-5)14-4-13-6/h1-4H,(H,13,14). The number of halogens is 3. The molecule has 2 aromatic rings. The zero-order chi connectivity index (χ0) is 10.1. The van der Waals surface area contributed by atoms with E-state index in [4.69, 9.17) is 34.8 Å². The highest BCUT2D eigenvalue weighted by molar-refractivity contribution is 6.66. The molecule has 0 fully saturated rings. The van der Waals surface area contributed by atoms with E-state index in [-0.39, 0.29) is 4.49 Å². The van der Waals surface area contributed by atoms with E-state index >= 15 is 0 Å². The first-order chi connectivity index (χ1) is 6.68. The van der Waals surface area contributed by atoms with E-state index in [0.29, 0.717) is 5.03 Å². The zero-order valence-corrected chi connectivity index (χ0v) is 9.16. The van der Waals surface area contributed by atoms with Gasteiger partial charge >= 0.3 is 0 Å². The Morgan fingerprint density at radius 3 is 2.71 bits per heavy atom. The molecule has 2 nitrogen and oxygen atoms in total. The van der Waals surface area contributed by atoms with Crippen molar-refractivity contribution in [3.8, 4) is 0 Å². The van der Waals surface area contributed by atoms with Crippen molar-refractivity contribution in [1.29, 1.82) is 0 Å². The zero-order valence-electron chi connectivity index (χ0n) is 6.89. The second kappa shape index (κ2) is 3.81. The van der Waals surface area contributed by atoms with Gasteiger partial charge in [0.2, 0.25) is 0 Å². The first kappa shape index (κ1) is 9.84. The Balaban J connectivity index is 2.60. The highest BCUT2D eigenvalue weighted by Crippen LogP contribution is 2.29. The molecule has 0 aliphatic rings. The summed E-state index contributed by atoms with van der Waals surface area (Å²) in [4.78, 5) is 7.06. The van der Waals surface area contributed by atoms with Gasteiger partial charge in [-0.3, -0.25) is 0 Å². The Morgan fingerprint density at radius 2 is 2.00 bits per heavy atom. The number of nitrogens with one attached hydrogen (secondary N) is 1. The number of nitrogens with zero attached hydrogens (tertiary/aromatic N) is 1. The lowest BCUT2D eigenvalue weighted by Gasteiger charge is -1.98. The van der Waals surface area contributed by atoms with Gasteiger partial charge in [0, 0.05) is 0 Å². The van der Waals surface area contributed by atoms with E-state index in [9.17, 15) is 0 Å². The van der Waals surface area contributed by atoms with Crippen molar-refractivity contribution in [2.75, 3.05) is 0 Å². The number of hydrogen-bond donors (Lipinski definition) is 1. The molecular formula is C9H5Cl3N2. The van der Waals surface area contributed by atoms with Crippen molar-refractivity contribution in [1.82, 2.24) is 9.97 Å². The summed E-state index contributed by atoms with van der Waals surface area (Å²) in [6.45, 7) is 0. The average Bonchev–Trinajstić information content (AvgIpc) is 2.62. The Morgan fingerprint density at radius 1 is 1.21 bits per heavy atom. The quantitative estimate of drug-likeness (QED) is 0.813. The van der Waals surface area contributed by atoms with Crippen LogP contribution >= 0.6 is 34.8 Å². The van der Waals surface area contributed by atoms with Gasteiger partial charge in [0.05, 0.1) is 22.4 Å². The molecule has 5 heteroatoms. The Labute approximate surface area is 95.5 Å². The molecule has 0 radical (unpaired) electrons. The number of aromatic amines is 1. The Hall–Kier alpha value is -0.700. The predicted molar refractivity (Wildman–Crippen MR) is 60.6 cm³/mol. The molecule has 0 aliphatic heterocycles. The van der Waals surface area contributed by atoms with Crippen molar-refractivity contribution in [2.45, 2.75) is 0 Å². The largest absolute Gasteiger partial charge is 0.345 e. The third kappa shape index (κ3) is 1.73. The van der Waals surface area contributed by atoms with Crippen LogP contribution < -0.4 is 0 Å². The number of rotatable bonds is 1. The first-order valence-corrected chi connectivity index (χ1v) is 4.96. The van der Waals surface area contributed by atoms with Crippen molar-refractivity contribution < 1.29 is 0 Å². The summed E-state index contributed by atoms with van der Waals surface area (Å²) in [6.07, 6.45) is 1.62. The molecule has 1 aromatic carbocycles. The van der Waals surface area contributed by atoms with Crippen LogP contribution in [0, 0.1) is 0 Å². The van der Waals surface area contributed by atoms with E-state index in [1.807, 2.05) is 18.2 Å². The van der Waals surface area contributed by atoms with Crippen molar-refractivity contribution in [2.24, 2.45) is 0 Å². The number of hydrogen-bond acceptors (Lipinski definition) is 1. The highest BCUT2D eigenvalue weighted by Gasteiger charge is 2.04. The summed E-state index contributed by atoms with van der Waals surface area (Å²) in [6, 6.07) is 5.51. The third-order valence-corrected chi connectivity index (χ3v) is 2.82. The first-order valence-electron chi connectivity index (χ1n) is 3.83. The maximum Gasteiger partial charge on any atom is 0.126 e. The molecule has 0 atom stereocenters. The summed E-state index contributed by atoms with van der Waals surface area (Å²) in [5, 5.41) is 0.338. The second-order valence-corrected chi connectivity index (χ2v) is 4.04. The molecule has 0 aliphatic carbocycles. The van der Waals surface area contributed by atoms with Gasteiger partial charge < -0.3 is 4.98 Å². The van der Waals surface area contributed by atoms with Gasteiger partial charge in [-0.25, -0.2) is 4.98 Å². The lowest BCUT2D eigenvalue weighted by atomic mass is 10.2. The average molecular weight is 248 g/mol. The molecule has 1 N–H and O–H groups in total. The van der Waals surface area contributed by atoms with Crippen molar-refractivity contribution in [3.63, 3.8) is 0 Å². The van der Waals surface area contributed by atoms with Crippen molar-refractivity contribution in [3.05, 3.63) is 34.6 Å². The van der Waals surface area contributed by atoms with E-state index in [1.54, 1.807) is 6.33 Å². The van der Waals surface area contributed by atoms with E-state index in [0.717, 1.165) is 16.6 Å². The van der Waals surface area contributed by atoms with Gasteiger partial charge in [0.15, 0.2) is 0 Å². The van der Waals surface area contributed by atoms with Crippen LogP contribution in [0.25, 0.3) is 16.1 Å². The molecule has 0 bridgehead atoms. The summed E-state index contributed by atoms with van der Waals surface area (Å²) >= 11 is 17.0. The summed E-state index contributed by atoms with van der Waals surface area (Å²) in [5.41, 5.74) is 2.54. The van der Waals surface area contributed by atoms with Crippen LogP contribution in [0.15, 0.2) is 29.0 Å². The fourth-order valence-electron chi connectivity index (χ4n) is 1.18. The van der Waals surface area contributed by atoms with Crippen LogP contribution in [0.2, 0.25) is 0 Å². The van der Waals surface area contributed by atoms with E-state index in [1.165, 1.54) is 0 Å². The number of aromatic nitrogens is 2. The summed E-state index contributed by atoms with van der Waals surface area (Å²) in [7, 11) is 0. The van der Waals surface area contributed by atoms with E-state index < -0.39 is 0 Å². The minimum Gasteiger partial charge on any atom is -0.345 e. The fourth-order valence-corrected chi connectivity index (χ4v) is 1.52. The Bertz CT molecular complexity index is 497. The molecule has 0 saturated carbocycles. The molecule has 1 aromatic heterocycles. The van der Waals surface area contributed by atoms with Crippen LogP contribution in [-0.2, 0) is 0 Å².